The van der Waals surface area contributed by atoms with Crippen LogP contribution in [0.5, 0.6) is 0 Å². The topological polar surface area (TPSA) is 29.1 Å². The van der Waals surface area contributed by atoms with Gasteiger partial charge in [0.2, 0.25) is 0 Å². The van der Waals surface area contributed by atoms with Gasteiger partial charge in [-0.3, -0.25) is 4.79 Å². The van der Waals surface area contributed by atoms with E-state index < -0.39 is 0 Å². The minimum atomic E-state index is -0.239. The largest absolute Gasteiger partial charge is 0.320 e. The van der Waals surface area contributed by atoms with Gasteiger partial charge in [0.05, 0.1) is 15.2 Å². The van der Waals surface area contributed by atoms with Gasteiger partial charge in [0.15, 0.2) is 0 Å². The molecule has 0 saturated heterocycles. The lowest BCUT2D eigenvalue weighted by Crippen LogP contribution is -2.11. The van der Waals surface area contributed by atoms with Crippen molar-refractivity contribution in [3.8, 4) is 0 Å². The summed E-state index contributed by atoms with van der Waals surface area (Å²) in [5, 5.41) is 3.25. The molecule has 0 heterocycles. The predicted octanol–water partition coefficient (Wildman–Crippen LogP) is 4.71. The van der Waals surface area contributed by atoms with Crippen LogP contribution in [0.1, 0.15) is 5.56 Å². The molecule has 2 rings (SSSR count). The van der Waals surface area contributed by atoms with Gasteiger partial charge in [0.25, 0.3) is 5.91 Å². The SMILES string of the molecule is O=C(Nc1ccccc1Cl)/C(Br)=C/c1ccccc1. The molecule has 0 unspecified atom stereocenters. The van der Waals surface area contributed by atoms with Crippen LogP contribution in [0.2, 0.25) is 5.02 Å². The fourth-order valence-corrected chi connectivity index (χ4v) is 2.05. The summed E-state index contributed by atoms with van der Waals surface area (Å²) in [5.41, 5.74) is 1.54. The summed E-state index contributed by atoms with van der Waals surface area (Å²) in [6.07, 6.45) is 1.76. The van der Waals surface area contributed by atoms with Crippen LogP contribution < -0.4 is 5.32 Å². The Morgan fingerprint density at radius 3 is 2.37 bits per heavy atom. The van der Waals surface area contributed by atoms with Crippen molar-refractivity contribution in [3.05, 3.63) is 69.7 Å². The fraction of sp³-hybridized carbons (Fsp3) is 0. The first-order valence-electron chi connectivity index (χ1n) is 5.65. The molecule has 0 aliphatic rings. The Hall–Kier alpha value is -1.58. The van der Waals surface area contributed by atoms with Crippen LogP contribution in [0.15, 0.2) is 59.1 Å². The Balaban J connectivity index is 2.12. The summed E-state index contributed by atoms with van der Waals surface area (Å²) in [7, 11) is 0. The van der Waals surface area contributed by atoms with Crippen LogP contribution in [0.25, 0.3) is 6.08 Å². The number of carbonyl (C=O) groups is 1. The van der Waals surface area contributed by atoms with E-state index in [1.807, 2.05) is 42.5 Å². The minimum absolute atomic E-state index is 0.239. The predicted molar refractivity (Wildman–Crippen MR) is 83.4 cm³/mol. The maximum absolute atomic E-state index is 12.0. The highest BCUT2D eigenvalue weighted by atomic mass is 79.9. The van der Waals surface area contributed by atoms with Crippen molar-refractivity contribution < 1.29 is 4.79 Å². The van der Waals surface area contributed by atoms with Crippen molar-refractivity contribution in [2.45, 2.75) is 0 Å². The molecule has 2 aromatic rings. The average molecular weight is 337 g/mol. The van der Waals surface area contributed by atoms with E-state index in [9.17, 15) is 4.79 Å². The molecule has 4 heteroatoms. The van der Waals surface area contributed by atoms with Gasteiger partial charge in [-0.05, 0) is 39.7 Å². The molecule has 2 nitrogen and oxygen atoms in total. The van der Waals surface area contributed by atoms with E-state index in [1.165, 1.54) is 0 Å². The third-order valence-electron chi connectivity index (χ3n) is 2.43. The Morgan fingerprint density at radius 1 is 1.05 bits per heavy atom. The first-order chi connectivity index (χ1) is 9.16. The molecule has 0 radical (unpaired) electrons. The van der Waals surface area contributed by atoms with Crippen LogP contribution in [0, 0.1) is 0 Å². The van der Waals surface area contributed by atoms with Gasteiger partial charge in [-0.2, -0.15) is 0 Å². The number of hydrogen-bond donors (Lipinski definition) is 1. The molecule has 0 saturated carbocycles. The Kier molecular flexibility index (Phi) is 4.77. The summed E-state index contributed by atoms with van der Waals surface area (Å²) in [6, 6.07) is 16.7. The number of amides is 1. The van der Waals surface area contributed by atoms with Gasteiger partial charge < -0.3 is 5.32 Å². The van der Waals surface area contributed by atoms with E-state index in [2.05, 4.69) is 21.2 Å². The van der Waals surface area contributed by atoms with Gasteiger partial charge in [-0.15, -0.1) is 0 Å². The van der Waals surface area contributed by atoms with E-state index in [4.69, 9.17) is 11.6 Å². The van der Waals surface area contributed by atoms with Gasteiger partial charge in [-0.25, -0.2) is 0 Å². The van der Waals surface area contributed by atoms with Crippen LogP contribution in [0.4, 0.5) is 5.69 Å². The first-order valence-corrected chi connectivity index (χ1v) is 6.82. The van der Waals surface area contributed by atoms with E-state index >= 15 is 0 Å². The summed E-state index contributed by atoms with van der Waals surface area (Å²) < 4.78 is 0.443. The Bertz CT molecular complexity index is 611. The van der Waals surface area contributed by atoms with Crippen molar-refractivity contribution in [2.24, 2.45) is 0 Å². The van der Waals surface area contributed by atoms with Crippen LogP contribution in [-0.2, 0) is 4.79 Å². The number of rotatable bonds is 3. The average Bonchev–Trinajstić information content (AvgIpc) is 2.42. The standard InChI is InChI=1S/C15H11BrClNO/c16-12(10-11-6-2-1-3-7-11)15(19)18-14-9-5-4-8-13(14)17/h1-10H,(H,18,19)/b12-10-. The Morgan fingerprint density at radius 2 is 1.68 bits per heavy atom. The number of anilines is 1. The van der Waals surface area contributed by atoms with E-state index in [1.54, 1.807) is 18.2 Å². The highest BCUT2D eigenvalue weighted by molar-refractivity contribution is 9.12. The third kappa shape index (κ3) is 3.94. The number of hydrogen-bond acceptors (Lipinski definition) is 1. The molecule has 0 aliphatic heterocycles. The molecule has 1 amide bonds. The number of halogens is 2. The molecular formula is C15H11BrClNO. The van der Waals surface area contributed by atoms with Crippen LogP contribution >= 0.6 is 27.5 Å². The number of para-hydroxylation sites is 1. The second-order valence-electron chi connectivity index (χ2n) is 3.84. The smallest absolute Gasteiger partial charge is 0.262 e. The van der Waals surface area contributed by atoms with Gasteiger partial charge in [-0.1, -0.05) is 54.1 Å². The summed E-state index contributed by atoms with van der Waals surface area (Å²) in [5.74, 6) is -0.239. The lowest BCUT2D eigenvalue weighted by atomic mass is 10.2. The zero-order valence-corrected chi connectivity index (χ0v) is 12.3. The van der Waals surface area contributed by atoms with Crippen molar-refractivity contribution in [2.75, 3.05) is 5.32 Å². The normalized spacial score (nSPS) is 11.2. The van der Waals surface area contributed by atoms with E-state index in [-0.39, 0.29) is 5.91 Å². The number of carbonyl (C=O) groups excluding carboxylic acids is 1. The molecule has 19 heavy (non-hydrogen) atoms. The lowest BCUT2D eigenvalue weighted by Gasteiger charge is -2.06. The summed E-state index contributed by atoms with van der Waals surface area (Å²) >= 11 is 9.25. The highest BCUT2D eigenvalue weighted by Crippen LogP contribution is 2.22. The fourth-order valence-electron chi connectivity index (χ4n) is 1.51. The molecule has 0 spiro atoms. The molecule has 2 aromatic carbocycles. The summed E-state index contributed by atoms with van der Waals surface area (Å²) in [6.45, 7) is 0. The van der Waals surface area contributed by atoms with Crippen molar-refractivity contribution in [1.82, 2.24) is 0 Å². The Labute approximate surface area is 125 Å². The van der Waals surface area contributed by atoms with Crippen molar-refractivity contribution in [1.29, 1.82) is 0 Å². The van der Waals surface area contributed by atoms with Crippen molar-refractivity contribution >= 4 is 45.2 Å². The second-order valence-corrected chi connectivity index (χ2v) is 5.10. The van der Waals surface area contributed by atoms with Crippen LogP contribution in [0.3, 0.4) is 0 Å². The third-order valence-corrected chi connectivity index (χ3v) is 3.35. The molecule has 0 aliphatic carbocycles. The van der Waals surface area contributed by atoms with E-state index in [0.717, 1.165) is 5.56 Å². The molecule has 1 N–H and O–H groups in total. The summed E-state index contributed by atoms with van der Waals surface area (Å²) in [4.78, 5) is 12.0. The number of nitrogens with one attached hydrogen (secondary N) is 1. The van der Waals surface area contributed by atoms with Crippen molar-refractivity contribution in [3.63, 3.8) is 0 Å². The zero-order valence-electron chi connectivity index (χ0n) is 9.94. The second kappa shape index (κ2) is 6.55. The molecule has 0 fully saturated rings. The maximum atomic E-state index is 12.0. The van der Waals surface area contributed by atoms with Gasteiger partial charge in [0, 0.05) is 0 Å². The van der Waals surface area contributed by atoms with Gasteiger partial charge >= 0.3 is 0 Å². The molecular weight excluding hydrogens is 326 g/mol. The molecule has 0 aromatic heterocycles. The molecule has 0 bridgehead atoms. The van der Waals surface area contributed by atoms with E-state index in [0.29, 0.717) is 15.2 Å². The minimum Gasteiger partial charge on any atom is -0.320 e. The first kappa shape index (κ1) is 13.8. The molecule has 0 atom stereocenters. The lowest BCUT2D eigenvalue weighted by molar-refractivity contribution is -0.112. The number of benzene rings is 2. The quantitative estimate of drug-likeness (QED) is 0.808. The van der Waals surface area contributed by atoms with Gasteiger partial charge in [0.1, 0.15) is 0 Å². The monoisotopic (exact) mass is 335 g/mol. The van der Waals surface area contributed by atoms with Crippen LogP contribution in [-0.4, -0.2) is 5.91 Å². The maximum Gasteiger partial charge on any atom is 0.262 e. The molecule has 96 valence electrons. The zero-order chi connectivity index (χ0) is 13.7. The highest BCUT2D eigenvalue weighted by Gasteiger charge is 2.08.